The van der Waals surface area contributed by atoms with E-state index in [9.17, 15) is 9.18 Å². The van der Waals surface area contributed by atoms with Crippen LogP contribution in [0, 0.1) is 5.82 Å². The summed E-state index contributed by atoms with van der Waals surface area (Å²) in [6, 6.07) is 9.34. The van der Waals surface area contributed by atoms with Gasteiger partial charge in [-0.05, 0) is 64.5 Å². The number of hydrogen-bond acceptors (Lipinski definition) is 3. The molecule has 0 saturated heterocycles. The van der Waals surface area contributed by atoms with Crippen molar-refractivity contribution in [2.45, 2.75) is 0 Å². The molecule has 2 aromatic carbocycles. The van der Waals surface area contributed by atoms with Crippen LogP contribution in [0.3, 0.4) is 0 Å². The Kier molecular flexibility index (Phi) is 6.09. The van der Waals surface area contributed by atoms with E-state index in [4.69, 9.17) is 17.0 Å². The molecule has 0 aliphatic rings. The molecule has 0 atom stereocenters. The Balaban J connectivity index is 2.05. The average Bonchev–Trinajstić information content (AvgIpc) is 2.50. The number of nitrogens with one attached hydrogen (secondary N) is 2. The molecular weight excluding hydrogens is 451 g/mol. The number of carbonyl (C=O) groups is 1. The number of benzene rings is 2. The second-order valence-corrected chi connectivity index (χ2v) is 6.56. The number of halogens is 3. The van der Waals surface area contributed by atoms with Crippen LogP contribution >= 0.6 is 44.1 Å². The topological polar surface area (TPSA) is 50.4 Å². The number of thiocarbonyl (C=S) groups is 1. The third-order valence-electron chi connectivity index (χ3n) is 2.82. The molecule has 120 valence electrons. The molecule has 4 nitrogen and oxygen atoms in total. The van der Waals surface area contributed by atoms with Crippen molar-refractivity contribution >= 4 is 60.8 Å². The maximum atomic E-state index is 13.7. The number of rotatable bonds is 3. The molecule has 23 heavy (non-hydrogen) atoms. The molecule has 0 saturated carbocycles. The first-order valence-electron chi connectivity index (χ1n) is 6.31. The molecule has 0 unspecified atom stereocenters. The zero-order chi connectivity index (χ0) is 17.0. The minimum absolute atomic E-state index is 0.00293. The molecule has 1 amide bonds. The van der Waals surface area contributed by atoms with Gasteiger partial charge in [-0.3, -0.25) is 10.1 Å². The van der Waals surface area contributed by atoms with Crippen molar-refractivity contribution in [1.82, 2.24) is 5.32 Å². The van der Waals surface area contributed by atoms with Crippen molar-refractivity contribution in [2.24, 2.45) is 0 Å². The van der Waals surface area contributed by atoms with Gasteiger partial charge in [-0.2, -0.15) is 0 Å². The maximum Gasteiger partial charge on any atom is 0.257 e. The second-order valence-electron chi connectivity index (χ2n) is 4.38. The lowest BCUT2D eigenvalue weighted by Crippen LogP contribution is -2.34. The molecule has 0 aromatic heterocycles. The highest BCUT2D eigenvalue weighted by Gasteiger charge is 2.12. The van der Waals surface area contributed by atoms with E-state index in [1.165, 1.54) is 19.2 Å². The Labute approximate surface area is 154 Å². The quantitative estimate of drug-likeness (QED) is 0.661. The summed E-state index contributed by atoms with van der Waals surface area (Å²) in [5.41, 5.74) is 0.563. The van der Waals surface area contributed by atoms with E-state index >= 15 is 0 Å². The van der Waals surface area contributed by atoms with Gasteiger partial charge in [0, 0.05) is 10.0 Å². The molecular formula is C15H11Br2FN2O2S. The highest BCUT2D eigenvalue weighted by Crippen LogP contribution is 2.25. The minimum Gasteiger partial charge on any atom is -0.496 e. The molecule has 0 radical (unpaired) electrons. The average molecular weight is 462 g/mol. The molecule has 2 rings (SSSR count). The van der Waals surface area contributed by atoms with Gasteiger partial charge in [0.1, 0.15) is 11.6 Å². The first-order valence-corrected chi connectivity index (χ1v) is 8.31. The molecule has 0 fully saturated rings. The van der Waals surface area contributed by atoms with Gasteiger partial charge >= 0.3 is 0 Å². The Morgan fingerprint density at radius 3 is 2.57 bits per heavy atom. The SMILES string of the molecule is COc1ccc(C(=O)NC(=S)Nc2ccc(Br)cc2F)cc1Br. The molecule has 2 aromatic rings. The van der Waals surface area contributed by atoms with E-state index in [-0.39, 0.29) is 10.8 Å². The van der Waals surface area contributed by atoms with Crippen LogP contribution in [0.25, 0.3) is 0 Å². The van der Waals surface area contributed by atoms with E-state index in [0.717, 1.165) is 0 Å². The summed E-state index contributed by atoms with van der Waals surface area (Å²) >= 11 is 11.5. The largest absolute Gasteiger partial charge is 0.496 e. The highest BCUT2D eigenvalue weighted by molar-refractivity contribution is 9.10. The van der Waals surface area contributed by atoms with Crippen molar-refractivity contribution in [2.75, 3.05) is 12.4 Å². The van der Waals surface area contributed by atoms with Crippen molar-refractivity contribution in [3.63, 3.8) is 0 Å². The standard InChI is InChI=1S/C15H11Br2FN2O2S/c1-22-13-5-2-8(6-10(13)17)14(21)20-15(23)19-12-4-3-9(16)7-11(12)18/h2-7H,1H3,(H2,19,20,21,23). The summed E-state index contributed by atoms with van der Waals surface area (Å²) in [5, 5.41) is 5.14. The van der Waals surface area contributed by atoms with E-state index in [2.05, 4.69) is 42.5 Å². The predicted molar refractivity (Wildman–Crippen MR) is 98.5 cm³/mol. The highest BCUT2D eigenvalue weighted by atomic mass is 79.9. The normalized spacial score (nSPS) is 10.1. The summed E-state index contributed by atoms with van der Waals surface area (Å²) in [5.74, 6) is -0.286. The Morgan fingerprint density at radius 2 is 1.96 bits per heavy atom. The van der Waals surface area contributed by atoms with Crippen LogP contribution in [-0.2, 0) is 0 Å². The monoisotopic (exact) mass is 460 g/mol. The summed E-state index contributed by atoms with van der Waals surface area (Å²) in [7, 11) is 1.53. The Morgan fingerprint density at radius 1 is 1.22 bits per heavy atom. The van der Waals surface area contributed by atoms with Crippen molar-refractivity contribution in [3.05, 3.63) is 56.7 Å². The molecule has 0 bridgehead atoms. The minimum atomic E-state index is -0.483. The van der Waals surface area contributed by atoms with Crippen LogP contribution in [-0.4, -0.2) is 18.1 Å². The van der Waals surface area contributed by atoms with Gasteiger partial charge in [0.05, 0.1) is 17.3 Å². The maximum absolute atomic E-state index is 13.7. The van der Waals surface area contributed by atoms with Gasteiger partial charge in [0.15, 0.2) is 5.11 Å². The lowest BCUT2D eigenvalue weighted by molar-refractivity contribution is 0.0977. The van der Waals surface area contributed by atoms with Gasteiger partial charge in [-0.15, -0.1) is 0 Å². The van der Waals surface area contributed by atoms with Gasteiger partial charge in [0.25, 0.3) is 5.91 Å². The summed E-state index contributed by atoms with van der Waals surface area (Å²) < 4.78 is 20.1. The van der Waals surface area contributed by atoms with Crippen LogP contribution in [0.2, 0.25) is 0 Å². The first-order chi connectivity index (χ1) is 10.9. The Hall–Kier alpha value is -1.51. The van der Waals surface area contributed by atoms with Gasteiger partial charge < -0.3 is 10.1 Å². The Bertz CT molecular complexity index is 771. The number of anilines is 1. The zero-order valence-electron chi connectivity index (χ0n) is 11.8. The van der Waals surface area contributed by atoms with E-state index in [1.807, 2.05) is 0 Å². The molecule has 0 spiro atoms. The van der Waals surface area contributed by atoms with Crippen molar-refractivity contribution in [3.8, 4) is 5.75 Å². The molecule has 0 aliphatic carbocycles. The van der Waals surface area contributed by atoms with Crippen LogP contribution in [0.15, 0.2) is 45.3 Å². The van der Waals surface area contributed by atoms with Crippen LogP contribution in [0.4, 0.5) is 10.1 Å². The number of methoxy groups -OCH3 is 1. The third kappa shape index (κ3) is 4.73. The first kappa shape index (κ1) is 17.8. The second kappa shape index (κ2) is 7.85. The fraction of sp³-hybridized carbons (Fsp3) is 0.0667. The summed E-state index contributed by atoms with van der Waals surface area (Å²) in [6.07, 6.45) is 0. The lowest BCUT2D eigenvalue weighted by atomic mass is 10.2. The van der Waals surface area contributed by atoms with Crippen LogP contribution in [0.5, 0.6) is 5.75 Å². The number of ether oxygens (including phenoxy) is 1. The van der Waals surface area contributed by atoms with Crippen molar-refractivity contribution < 1.29 is 13.9 Å². The van der Waals surface area contributed by atoms with E-state index < -0.39 is 11.7 Å². The fourth-order valence-electron chi connectivity index (χ4n) is 1.73. The predicted octanol–water partition coefficient (Wildman–Crippen LogP) is 4.49. The number of amides is 1. The fourth-order valence-corrected chi connectivity index (χ4v) is 2.80. The van der Waals surface area contributed by atoms with Gasteiger partial charge in [0.2, 0.25) is 0 Å². The third-order valence-corrected chi connectivity index (χ3v) is 4.14. The van der Waals surface area contributed by atoms with Crippen LogP contribution < -0.4 is 15.4 Å². The number of carbonyl (C=O) groups excluding carboxylic acids is 1. The summed E-state index contributed by atoms with van der Waals surface area (Å²) in [4.78, 5) is 12.1. The van der Waals surface area contributed by atoms with Crippen LogP contribution in [0.1, 0.15) is 10.4 Å². The summed E-state index contributed by atoms with van der Waals surface area (Å²) in [6.45, 7) is 0. The van der Waals surface area contributed by atoms with E-state index in [0.29, 0.717) is 20.3 Å². The molecule has 0 heterocycles. The smallest absolute Gasteiger partial charge is 0.257 e. The lowest BCUT2D eigenvalue weighted by Gasteiger charge is -2.11. The molecule has 0 aliphatic heterocycles. The van der Waals surface area contributed by atoms with Crippen molar-refractivity contribution in [1.29, 1.82) is 0 Å². The van der Waals surface area contributed by atoms with Gasteiger partial charge in [-0.25, -0.2) is 4.39 Å². The number of hydrogen-bond donors (Lipinski definition) is 2. The molecule has 8 heteroatoms. The zero-order valence-corrected chi connectivity index (χ0v) is 15.8. The molecule has 2 N–H and O–H groups in total. The van der Waals surface area contributed by atoms with Gasteiger partial charge in [-0.1, -0.05) is 15.9 Å². The van der Waals surface area contributed by atoms with E-state index in [1.54, 1.807) is 24.3 Å².